The van der Waals surface area contributed by atoms with Gasteiger partial charge in [-0.05, 0) is 40.4 Å². The van der Waals surface area contributed by atoms with Crippen molar-refractivity contribution in [2.75, 3.05) is 18.0 Å². The van der Waals surface area contributed by atoms with E-state index in [-0.39, 0.29) is 0 Å². The highest BCUT2D eigenvalue weighted by molar-refractivity contribution is 9.10. The SMILES string of the molecule is CCCC1CN(c2cccc(Cl)c2Br)C1. The molecule has 1 nitrogen and oxygen atoms in total. The Hall–Kier alpha value is -0.210. The molecule has 1 aliphatic heterocycles. The molecule has 0 spiro atoms. The smallest absolute Gasteiger partial charge is 0.0595 e. The summed E-state index contributed by atoms with van der Waals surface area (Å²) >= 11 is 9.60. The highest BCUT2D eigenvalue weighted by atomic mass is 79.9. The minimum absolute atomic E-state index is 0.798. The van der Waals surface area contributed by atoms with Crippen LogP contribution in [0.3, 0.4) is 0 Å². The van der Waals surface area contributed by atoms with Crippen LogP contribution < -0.4 is 4.90 Å². The summed E-state index contributed by atoms with van der Waals surface area (Å²) in [7, 11) is 0. The Bertz CT molecular complexity index is 347. The maximum Gasteiger partial charge on any atom is 0.0595 e. The number of anilines is 1. The van der Waals surface area contributed by atoms with Crippen molar-refractivity contribution in [3.63, 3.8) is 0 Å². The van der Waals surface area contributed by atoms with Crippen molar-refractivity contribution in [3.05, 3.63) is 27.7 Å². The van der Waals surface area contributed by atoms with Crippen molar-refractivity contribution in [1.29, 1.82) is 0 Å². The van der Waals surface area contributed by atoms with Gasteiger partial charge in [-0.25, -0.2) is 0 Å². The molecule has 0 aromatic heterocycles. The van der Waals surface area contributed by atoms with Crippen LogP contribution in [-0.4, -0.2) is 13.1 Å². The molecule has 0 bridgehead atoms. The van der Waals surface area contributed by atoms with Gasteiger partial charge in [0, 0.05) is 13.1 Å². The molecule has 82 valence electrons. The van der Waals surface area contributed by atoms with Crippen LogP contribution in [0.1, 0.15) is 19.8 Å². The van der Waals surface area contributed by atoms with E-state index in [1.807, 2.05) is 12.1 Å². The number of nitrogens with zero attached hydrogens (tertiary/aromatic N) is 1. The standard InChI is InChI=1S/C12H15BrClN/c1-2-4-9-7-15(8-9)11-6-3-5-10(14)12(11)13/h3,5-6,9H,2,4,7-8H2,1H3. The Labute approximate surface area is 105 Å². The van der Waals surface area contributed by atoms with Crippen molar-refractivity contribution in [1.82, 2.24) is 0 Å². The largest absolute Gasteiger partial charge is 0.370 e. The molecular formula is C12H15BrClN. The maximum absolute atomic E-state index is 6.06. The van der Waals surface area contributed by atoms with E-state index in [1.54, 1.807) is 0 Å². The lowest BCUT2D eigenvalue weighted by Crippen LogP contribution is -2.46. The number of benzene rings is 1. The number of rotatable bonds is 3. The van der Waals surface area contributed by atoms with Crippen LogP contribution in [0.2, 0.25) is 5.02 Å². The van der Waals surface area contributed by atoms with Crippen molar-refractivity contribution < 1.29 is 0 Å². The minimum Gasteiger partial charge on any atom is -0.370 e. The first-order valence-electron chi connectivity index (χ1n) is 5.41. The Morgan fingerprint density at radius 1 is 1.47 bits per heavy atom. The Balaban J connectivity index is 2.04. The maximum atomic E-state index is 6.06. The van der Waals surface area contributed by atoms with E-state index >= 15 is 0 Å². The first kappa shape index (κ1) is 11.3. The molecule has 1 aliphatic rings. The van der Waals surface area contributed by atoms with E-state index in [1.165, 1.54) is 31.6 Å². The molecule has 0 N–H and O–H groups in total. The van der Waals surface area contributed by atoms with Crippen LogP contribution in [0.25, 0.3) is 0 Å². The molecule has 3 heteroatoms. The molecule has 2 rings (SSSR count). The van der Waals surface area contributed by atoms with E-state index in [9.17, 15) is 0 Å². The van der Waals surface area contributed by atoms with Gasteiger partial charge in [0.25, 0.3) is 0 Å². The zero-order chi connectivity index (χ0) is 10.8. The molecule has 1 fully saturated rings. The highest BCUT2D eigenvalue weighted by Gasteiger charge is 2.27. The van der Waals surface area contributed by atoms with Gasteiger partial charge >= 0.3 is 0 Å². The number of halogens is 2. The third kappa shape index (κ3) is 2.31. The van der Waals surface area contributed by atoms with Gasteiger partial charge in [0.15, 0.2) is 0 Å². The summed E-state index contributed by atoms with van der Waals surface area (Å²) in [5.41, 5.74) is 1.23. The molecule has 15 heavy (non-hydrogen) atoms. The highest BCUT2D eigenvalue weighted by Crippen LogP contribution is 2.36. The van der Waals surface area contributed by atoms with Crippen molar-refractivity contribution >= 4 is 33.2 Å². The zero-order valence-corrected chi connectivity index (χ0v) is 11.2. The normalized spacial score (nSPS) is 16.6. The average molecular weight is 289 g/mol. The first-order valence-corrected chi connectivity index (χ1v) is 6.58. The van der Waals surface area contributed by atoms with Crippen LogP contribution in [-0.2, 0) is 0 Å². The summed E-state index contributed by atoms with van der Waals surface area (Å²) in [6.45, 7) is 4.59. The van der Waals surface area contributed by atoms with Crippen LogP contribution in [0.15, 0.2) is 22.7 Å². The molecule has 1 aromatic carbocycles. The van der Waals surface area contributed by atoms with Crippen LogP contribution >= 0.6 is 27.5 Å². The quantitative estimate of drug-likeness (QED) is 0.800. The molecule has 1 saturated heterocycles. The van der Waals surface area contributed by atoms with Crippen LogP contribution in [0, 0.1) is 5.92 Å². The molecule has 1 aromatic rings. The van der Waals surface area contributed by atoms with Crippen molar-refractivity contribution in [3.8, 4) is 0 Å². The third-order valence-corrected chi connectivity index (χ3v) is 4.30. The molecule has 1 heterocycles. The fraction of sp³-hybridized carbons (Fsp3) is 0.500. The average Bonchev–Trinajstić information content (AvgIpc) is 2.16. The van der Waals surface area contributed by atoms with Gasteiger partial charge in [0.2, 0.25) is 0 Å². The first-order chi connectivity index (χ1) is 7.22. The molecule has 0 atom stereocenters. The van der Waals surface area contributed by atoms with Gasteiger partial charge in [0.05, 0.1) is 15.2 Å². The number of hydrogen-bond acceptors (Lipinski definition) is 1. The number of hydrogen-bond donors (Lipinski definition) is 0. The lowest BCUT2D eigenvalue weighted by Gasteiger charge is -2.41. The van der Waals surface area contributed by atoms with Crippen LogP contribution in [0.4, 0.5) is 5.69 Å². The van der Waals surface area contributed by atoms with Gasteiger partial charge in [0.1, 0.15) is 0 Å². The van der Waals surface area contributed by atoms with Gasteiger partial charge in [-0.2, -0.15) is 0 Å². The Morgan fingerprint density at radius 2 is 2.20 bits per heavy atom. The summed E-state index contributed by atoms with van der Waals surface area (Å²) < 4.78 is 1.03. The second kappa shape index (κ2) is 4.75. The molecule has 0 saturated carbocycles. The van der Waals surface area contributed by atoms with E-state index < -0.39 is 0 Å². The predicted molar refractivity (Wildman–Crippen MR) is 69.8 cm³/mol. The second-order valence-electron chi connectivity index (χ2n) is 4.13. The van der Waals surface area contributed by atoms with E-state index in [2.05, 4.69) is 33.8 Å². The zero-order valence-electron chi connectivity index (χ0n) is 8.84. The van der Waals surface area contributed by atoms with Gasteiger partial charge in [-0.1, -0.05) is 31.0 Å². The Morgan fingerprint density at radius 3 is 2.87 bits per heavy atom. The molecule has 0 unspecified atom stereocenters. The van der Waals surface area contributed by atoms with Gasteiger partial charge in [-0.15, -0.1) is 0 Å². The molecule has 0 aliphatic carbocycles. The summed E-state index contributed by atoms with van der Waals surface area (Å²) in [5.74, 6) is 0.876. The van der Waals surface area contributed by atoms with E-state index in [0.717, 1.165) is 15.4 Å². The minimum atomic E-state index is 0.798. The van der Waals surface area contributed by atoms with Crippen molar-refractivity contribution in [2.24, 2.45) is 5.92 Å². The lowest BCUT2D eigenvalue weighted by atomic mass is 9.94. The van der Waals surface area contributed by atoms with Gasteiger partial charge in [-0.3, -0.25) is 0 Å². The fourth-order valence-corrected chi connectivity index (χ4v) is 2.78. The summed E-state index contributed by atoms with van der Waals surface area (Å²) in [6, 6.07) is 6.05. The van der Waals surface area contributed by atoms with Crippen LogP contribution in [0.5, 0.6) is 0 Å². The summed E-state index contributed by atoms with van der Waals surface area (Å²) in [5, 5.41) is 0.798. The molecular weight excluding hydrogens is 273 g/mol. The molecule has 0 amide bonds. The van der Waals surface area contributed by atoms with E-state index in [0.29, 0.717) is 0 Å². The van der Waals surface area contributed by atoms with Crippen molar-refractivity contribution in [2.45, 2.75) is 19.8 Å². The van der Waals surface area contributed by atoms with E-state index in [4.69, 9.17) is 11.6 Å². The second-order valence-corrected chi connectivity index (χ2v) is 5.33. The third-order valence-electron chi connectivity index (χ3n) is 2.93. The van der Waals surface area contributed by atoms with Gasteiger partial charge < -0.3 is 4.90 Å². The summed E-state index contributed by atoms with van der Waals surface area (Å²) in [4.78, 5) is 2.39. The summed E-state index contributed by atoms with van der Waals surface area (Å²) in [6.07, 6.45) is 2.63. The predicted octanol–water partition coefficient (Wildman–Crippen LogP) is 4.34. The monoisotopic (exact) mass is 287 g/mol. The topological polar surface area (TPSA) is 3.24 Å². The Kier molecular flexibility index (Phi) is 3.57. The lowest BCUT2D eigenvalue weighted by molar-refractivity contribution is 0.380. The fourth-order valence-electron chi connectivity index (χ4n) is 2.09. The molecule has 0 radical (unpaired) electrons.